The highest BCUT2D eigenvalue weighted by Gasteiger charge is 2.19. The number of oxazole rings is 1. The van der Waals surface area contributed by atoms with Crippen LogP contribution in [-0.4, -0.2) is 31.4 Å². The smallest absolute Gasteiger partial charge is 0.231 e. The number of phenols is 1. The lowest BCUT2D eigenvalue weighted by Gasteiger charge is -2.15. The Morgan fingerprint density at radius 1 is 0.862 bits per heavy atom. The van der Waals surface area contributed by atoms with Crippen LogP contribution in [0.3, 0.4) is 0 Å². The van der Waals surface area contributed by atoms with Crippen LogP contribution >= 0.6 is 11.6 Å². The largest absolute Gasteiger partial charge is 0.507 e. The van der Waals surface area contributed by atoms with E-state index >= 15 is 0 Å². The Hall–Kier alpha value is -3.38. The van der Waals surface area contributed by atoms with E-state index in [1.54, 1.807) is 33.5 Å². The standard InChI is InChI=1S/C22H18ClNO5/c1-26-18-9-6-14(20(27-2)21(18)28-3)12-4-7-16-19(10-12)29-22(24-16)15-11-13(23)5-8-17(15)25/h4-11,25H,1-3H3. The van der Waals surface area contributed by atoms with E-state index in [4.69, 9.17) is 30.2 Å². The van der Waals surface area contributed by atoms with Gasteiger partial charge in [0.25, 0.3) is 0 Å². The van der Waals surface area contributed by atoms with Crippen molar-refractivity contribution in [3.8, 4) is 45.6 Å². The maximum atomic E-state index is 10.1. The van der Waals surface area contributed by atoms with Crippen molar-refractivity contribution in [3.63, 3.8) is 0 Å². The van der Waals surface area contributed by atoms with Crippen molar-refractivity contribution in [1.29, 1.82) is 0 Å². The predicted molar refractivity (Wildman–Crippen MR) is 111 cm³/mol. The summed E-state index contributed by atoms with van der Waals surface area (Å²) in [6.07, 6.45) is 0. The molecule has 0 spiro atoms. The number of benzene rings is 3. The van der Waals surface area contributed by atoms with E-state index in [0.29, 0.717) is 38.9 Å². The van der Waals surface area contributed by atoms with E-state index in [1.807, 2.05) is 30.3 Å². The molecule has 0 saturated heterocycles. The van der Waals surface area contributed by atoms with Crippen molar-refractivity contribution in [3.05, 3.63) is 53.6 Å². The van der Waals surface area contributed by atoms with Gasteiger partial charge in [0, 0.05) is 10.6 Å². The molecule has 7 heteroatoms. The monoisotopic (exact) mass is 411 g/mol. The zero-order valence-corrected chi connectivity index (χ0v) is 16.8. The minimum atomic E-state index is 0.0442. The fourth-order valence-corrected chi connectivity index (χ4v) is 3.39. The number of hydrogen-bond donors (Lipinski definition) is 1. The van der Waals surface area contributed by atoms with Crippen molar-refractivity contribution in [1.82, 2.24) is 4.98 Å². The first-order chi connectivity index (χ1) is 14.0. The van der Waals surface area contributed by atoms with Crippen LogP contribution in [0.5, 0.6) is 23.0 Å². The normalized spacial score (nSPS) is 10.9. The van der Waals surface area contributed by atoms with Gasteiger partial charge in [-0.1, -0.05) is 17.7 Å². The summed E-state index contributed by atoms with van der Waals surface area (Å²) in [4.78, 5) is 4.46. The Morgan fingerprint density at radius 3 is 2.38 bits per heavy atom. The molecule has 1 N–H and O–H groups in total. The number of aromatic nitrogens is 1. The average molecular weight is 412 g/mol. The number of hydrogen-bond acceptors (Lipinski definition) is 6. The van der Waals surface area contributed by atoms with Crippen LogP contribution in [0.15, 0.2) is 52.9 Å². The van der Waals surface area contributed by atoms with E-state index in [1.165, 1.54) is 6.07 Å². The maximum Gasteiger partial charge on any atom is 0.231 e. The summed E-state index contributed by atoms with van der Waals surface area (Å²) in [6, 6.07) is 14.0. The van der Waals surface area contributed by atoms with Crippen molar-refractivity contribution in [2.45, 2.75) is 0 Å². The zero-order chi connectivity index (χ0) is 20.5. The molecule has 4 aromatic rings. The molecule has 0 aliphatic carbocycles. The van der Waals surface area contributed by atoms with Crippen molar-refractivity contribution >= 4 is 22.7 Å². The van der Waals surface area contributed by atoms with E-state index in [0.717, 1.165) is 11.1 Å². The predicted octanol–water partition coefficient (Wildman–Crippen LogP) is 5.55. The van der Waals surface area contributed by atoms with E-state index < -0.39 is 0 Å². The van der Waals surface area contributed by atoms with Crippen LogP contribution in [0.25, 0.3) is 33.7 Å². The molecule has 4 rings (SSSR count). The maximum absolute atomic E-state index is 10.1. The summed E-state index contributed by atoms with van der Waals surface area (Å²) in [6.45, 7) is 0. The summed E-state index contributed by atoms with van der Waals surface area (Å²) >= 11 is 6.04. The highest BCUT2D eigenvalue weighted by atomic mass is 35.5. The molecule has 148 valence electrons. The third-order valence-corrected chi connectivity index (χ3v) is 4.83. The highest BCUT2D eigenvalue weighted by Crippen LogP contribution is 2.45. The van der Waals surface area contributed by atoms with Gasteiger partial charge in [0.05, 0.1) is 26.9 Å². The molecular formula is C22H18ClNO5. The Labute approximate surface area is 172 Å². The van der Waals surface area contributed by atoms with Crippen LogP contribution in [0.4, 0.5) is 0 Å². The molecule has 0 fully saturated rings. The van der Waals surface area contributed by atoms with Crippen molar-refractivity contribution in [2.75, 3.05) is 21.3 Å². The summed E-state index contributed by atoms with van der Waals surface area (Å²) in [5, 5.41) is 10.6. The third kappa shape index (κ3) is 3.32. The second-order valence-corrected chi connectivity index (χ2v) is 6.68. The summed E-state index contributed by atoms with van der Waals surface area (Å²) in [5.41, 5.74) is 3.32. The molecule has 1 heterocycles. The molecule has 3 aromatic carbocycles. The van der Waals surface area contributed by atoms with Gasteiger partial charge >= 0.3 is 0 Å². The topological polar surface area (TPSA) is 74.0 Å². The van der Waals surface area contributed by atoms with E-state index in [-0.39, 0.29) is 11.6 Å². The highest BCUT2D eigenvalue weighted by molar-refractivity contribution is 6.30. The first-order valence-electron chi connectivity index (χ1n) is 8.74. The van der Waals surface area contributed by atoms with Gasteiger partial charge < -0.3 is 23.7 Å². The van der Waals surface area contributed by atoms with Crippen LogP contribution < -0.4 is 14.2 Å². The Balaban J connectivity index is 1.84. The van der Waals surface area contributed by atoms with Crippen LogP contribution in [0.1, 0.15) is 0 Å². The van der Waals surface area contributed by atoms with Crippen molar-refractivity contribution < 1.29 is 23.7 Å². The lowest BCUT2D eigenvalue weighted by atomic mass is 10.0. The number of ether oxygens (including phenoxy) is 3. The zero-order valence-electron chi connectivity index (χ0n) is 16.0. The molecule has 0 atom stereocenters. The quantitative estimate of drug-likeness (QED) is 0.464. The van der Waals surface area contributed by atoms with Crippen LogP contribution in [0.2, 0.25) is 5.02 Å². The number of methoxy groups -OCH3 is 3. The molecule has 6 nitrogen and oxygen atoms in total. The molecule has 0 aliphatic heterocycles. The number of phenolic OH excluding ortho intramolecular Hbond substituents is 1. The van der Waals surface area contributed by atoms with Gasteiger partial charge in [0.1, 0.15) is 11.3 Å². The average Bonchev–Trinajstić information content (AvgIpc) is 3.17. The lowest BCUT2D eigenvalue weighted by Crippen LogP contribution is -1.96. The van der Waals surface area contributed by atoms with Crippen LogP contribution in [-0.2, 0) is 0 Å². The van der Waals surface area contributed by atoms with Gasteiger partial charge in [-0.25, -0.2) is 4.98 Å². The number of rotatable bonds is 5. The first kappa shape index (κ1) is 19.0. The summed E-state index contributed by atoms with van der Waals surface area (Å²) in [7, 11) is 4.71. The van der Waals surface area contributed by atoms with Gasteiger partial charge in [0.15, 0.2) is 17.1 Å². The number of fused-ring (bicyclic) bond motifs is 1. The van der Waals surface area contributed by atoms with Gasteiger partial charge in [-0.15, -0.1) is 0 Å². The van der Waals surface area contributed by atoms with Crippen LogP contribution in [0, 0.1) is 0 Å². The molecule has 0 bridgehead atoms. The van der Waals surface area contributed by atoms with Gasteiger partial charge in [0.2, 0.25) is 11.6 Å². The number of aromatic hydroxyl groups is 1. The SMILES string of the molecule is COc1ccc(-c2ccc3nc(-c4cc(Cl)ccc4O)oc3c2)c(OC)c1OC. The molecular weight excluding hydrogens is 394 g/mol. The Bertz CT molecular complexity index is 1200. The Morgan fingerprint density at radius 2 is 1.66 bits per heavy atom. The number of nitrogens with zero attached hydrogens (tertiary/aromatic N) is 1. The molecule has 0 radical (unpaired) electrons. The van der Waals surface area contributed by atoms with Gasteiger partial charge in [-0.2, -0.15) is 0 Å². The number of halogens is 1. The molecule has 29 heavy (non-hydrogen) atoms. The molecule has 1 aromatic heterocycles. The summed E-state index contributed by atoms with van der Waals surface area (Å²) < 4.78 is 22.3. The molecule has 0 aliphatic rings. The minimum absolute atomic E-state index is 0.0442. The molecule has 0 saturated carbocycles. The van der Waals surface area contributed by atoms with Crippen molar-refractivity contribution in [2.24, 2.45) is 0 Å². The van der Waals surface area contributed by atoms with E-state index in [2.05, 4.69) is 4.98 Å². The molecule has 0 unspecified atom stereocenters. The van der Waals surface area contributed by atoms with E-state index in [9.17, 15) is 5.11 Å². The first-order valence-corrected chi connectivity index (χ1v) is 9.12. The van der Waals surface area contributed by atoms with Gasteiger partial charge in [-0.3, -0.25) is 0 Å². The summed E-state index contributed by atoms with van der Waals surface area (Å²) in [5.74, 6) is 1.97. The second kappa shape index (κ2) is 7.56. The molecule has 0 amide bonds. The third-order valence-electron chi connectivity index (χ3n) is 4.59. The minimum Gasteiger partial charge on any atom is -0.507 e. The fraction of sp³-hybridized carbons (Fsp3) is 0.136. The Kier molecular flexibility index (Phi) is 4.94. The second-order valence-electron chi connectivity index (χ2n) is 6.24. The lowest BCUT2D eigenvalue weighted by molar-refractivity contribution is 0.325. The van der Waals surface area contributed by atoms with Gasteiger partial charge in [-0.05, 0) is 48.0 Å². The fourth-order valence-electron chi connectivity index (χ4n) is 3.22.